The molecule has 0 radical (unpaired) electrons. The molecular weight excluding hydrogens is 262 g/mol. The first kappa shape index (κ1) is 14.9. The molecule has 2 bridgehead atoms. The fraction of sp³-hybridized carbons (Fsp3) is 0.667. The largest absolute Gasteiger partial charge is 0.494 e. The third kappa shape index (κ3) is 3.58. The summed E-state index contributed by atoms with van der Waals surface area (Å²) in [5, 5.41) is 10.1. The monoisotopic (exact) mass is 289 g/mol. The van der Waals surface area contributed by atoms with E-state index < -0.39 is 0 Å². The van der Waals surface area contributed by atoms with Crippen LogP contribution in [0.3, 0.4) is 0 Å². The highest BCUT2D eigenvalue weighted by molar-refractivity contribution is 5.27. The Balaban J connectivity index is 1.51. The number of unbranched alkanes of at least 4 members (excludes halogenated alkanes) is 1. The Labute approximate surface area is 127 Å². The second-order valence-electron chi connectivity index (χ2n) is 6.63. The van der Waals surface area contributed by atoms with E-state index in [1.165, 1.54) is 24.8 Å². The van der Waals surface area contributed by atoms with E-state index in [1.54, 1.807) is 0 Å². The number of aliphatic hydroxyl groups is 1. The molecule has 2 aliphatic rings. The lowest BCUT2D eigenvalue weighted by Gasteiger charge is -2.35. The lowest BCUT2D eigenvalue weighted by molar-refractivity contribution is 0.0139. The summed E-state index contributed by atoms with van der Waals surface area (Å²) in [5.74, 6) is 1.97. The lowest BCUT2D eigenvalue weighted by Crippen LogP contribution is -2.44. The minimum Gasteiger partial charge on any atom is -0.494 e. The van der Waals surface area contributed by atoms with Crippen molar-refractivity contribution < 1.29 is 9.84 Å². The quantitative estimate of drug-likeness (QED) is 0.817. The van der Waals surface area contributed by atoms with Gasteiger partial charge in [0.2, 0.25) is 0 Å². The maximum absolute atomic E-state index is 10.1. The lowest BCUT2D eigenvalue weighted by atomic mass is 9.95. The van der Waals surface area contributed by atoms with Crippen molar-refractivity contribution in [3.05, 3.63) is 29.8 Å². The summed E-state index contributed by atoms with van der Waals surface area (Å²) in [6.45, 7) is 6.08. The minimum absolute atomic E-state index is 0.0457. The van der Waals surface area contributed by atoms with Gasteiger partial charge in [0.05, 0.1) is 12.7 Å². The molecule has 2 fully saturated rings. The van der Waals surface area contributed by atoms with E-state index in [9.17, 15) is 5.11 Å². The van der Waals surface area contributed by atoms with E-state index in [1.807, 2.05) is 0 Å². The van der Waals surface area contributed by atoms with E-state index in [2.05, 4.69) is 36.1 Å². The van der Waals surface area contributed by atoms with Gasteiger partial charge in [-0.15, -0.1) is 0 Å². The summed E-state index contributed by atoms with van der Waals surface area (Å²) in [5.41, 5.74) is 1.34. The third-order valence-corrected chi connectivity index (χ3v) is 4.96. The number of piperidine rings is 1. The van der Waals surface area contributed by atoms with Crippen LogP contribution >= 0.6 is 0 Å². The molecule has 3 rings (SSSR count). The molecule has 0 spiro atoms. The van der Waals surface area contributed by atoms with Crippen LogP contribution in [-0.4, -0.2) is 35.8 Å². The Morgan fingerprint density at radius 1 is 1.14 bits per heavy atom. The number of hydrogen-bond donors (Lipinski definition) is 1. The van der Waals surface area contributed by atoms with Crippen LogP contribution in [0.4, 0.5) is 0 Å². The highest BCUT2D eigenvalue weighted by Crippen LogP contribution is 2.37. The SMILES string of the molecule is CCCCOc1ccc(CN2C[C@H]3CC[C@@H](C2)C3O)cc1. The summed E-state index contributed by atoms with van der Waals surface area (Å²) in [6.07, 6.45) is 4.64. The van der Waals surface area contributed by atoms with E-state index in [-0.39, 0.29) is 6.10 Å². The molecular formula is C18H27NO2. The molecule has 3 nitrogen and oxygen atoms in total. The number of rotatable bonds is 6. The van der Waals surface area contributed by atoms with Gasteiger partial charge in [-0.05, 0) is 48.8 Å². The van der Waals surface area contributed by atoms with Crippen molar-refractivity contribution in [1.82, 2.24) is 4.90 Å². The molecule has 1 unspecified atom stereocenters. The fourth-order valence-electron chi connectivity index (χ4n) is 3.70. The minimum atomic E-state index is -0.0457. The molecule has 1 aromatic rings. The molecule has 1 aliphatic heterocycles. The van der Waals surface area contributed by atoms with Gasteiger partial charge in [-0.25, -0.2) is 0 Å². The number of hydrogen-bond acceptors (Lipinski definition) is 3. The van der Waals surface area contributed by atoms with Crippen LogP contribution < -0.4 is 4.74 Å². The summed E-state index contributed by atoms with van der Waals surface area (Å²) in [7, 11) is 0. The molecule has 1 N–H and O–H groups in total. The second kappa shape index (κ2) is 6.80. The Morgan fingerprint density at radius 2 is 1.81 bits per heavy atom. The average Bonchev–Trinajstić information content (AvgIpc) is 2.72. The van der Waals surface area contributed by atoms with E-state index in [0.717, 1.165) is 38.4 Å². The molecule has 0 aromatic heterocycles. The smallest absolute Gasteiger partial charge is 0.119 e. The maximum Gasteiger partial charge on any atom is 0.119 e. The number of nitrogens with zero attached hydrogens (tertiary/aromatic N) is 1. The van der Waals surface area contributed by atoms with Crippen LogP contribution in [0.1, 0.15) is 38.2 Å². The molecule has 116 valence electrons. The number of benzene rings is 1. The Bertz CT molecular complexity index is 431. The summed E-state index contributed by atoms with van der Waals surface area (Å²) < 4.78 is 5.70. The van der Waals surface area contributed by atoms with Gasteiger partial charge in [0.15, 0.2) is 0 Å². The summed E-state index contributed by atoms with van der Waals surface area (Å²) in [6, 6.07) is 8.51. The predicted octanol–water partition coefficient (Wildman–Crippen LogP) is 3.07. The molecule has 1 saturated carbocycles. The van der Waals surface area contributed by atoms with Gasteiger partial charge in [-0.3, -0.25) is 4.90 Å². The van der Waals surface area contributed by atoms with Crippen LogP contribution in [0.15, 0.2) is 24.3 Å². The van der Waals surface area contributed by atoms with Gasteiger partial charge in [0.25, 0.3) is 0 Å². The molecule has 3 heteroatoms. The van der Waals surface area contributed by atoms with Crippen LogP contribution in [0, 0.1) is 11.8 Å². The van der Waals surface area contributed by atoms with Crippen molar-refractivity contribution in [1.29, 1.82) is 0 Å². The van der Waals surface area contributed by atoms with Crippen molar-refractivity contribution in [2.75, 3.05) is 19.7 Å². The Hall–Kier alpha value is -1.06. The van der Waals surface area contributed by atoms with Crippen molar-refractivity contribution in [3.8, 4) is 5.75 Å². The average molecular weight is 289 g/mol. The molecule has 1 heterocycles. The molecule has 21 heavy (non-hydrogen) atoms. The molecule has 1 aromatic carbocycles. The van der Waals surface area contributed by atoms with Crippen LogP contribution in [0.25, 0.3) is 0 Å². The van der Waals surface area contributed by atoms with Crippen LogP contribution in [0.5, 0.6) is 5.75 Å². The zero-order valence-electron chi connectivity index (χ0n) is 13.0. The first-order valence-corrected chi connectivity index (χ1v) is 8.38. The van der Waals surface area contributed by atoms with Crippen LogP contribution in [-0.2, 0) is 6.54 Å². The van der Waals surface area contributed by atoms with Gasteiger partial charge in [0.1, 0.15) is 5.75 Å². The number of ether oxygens (including phenoxy) is 1. The van der Waals surface area contributed by atoms with Gasteiger partial charge >= 0.3 is 0 Å². The Morgan fingerprint density at radius 3 is 2.43 bits per heavy atom. The first-order chi connectivity index (χ1) is 10.3. The van der Waals surface area contributed by atoms with Crippen molar-refractivity contribution >= 4 is 0 Å². The topological polar surface area (TPSA) is 32.7 Å². The highest BCUT2D eigenvalue weighted by Gasteiger charge is 2.40. The van der Waals surface area contributed by atoms with Gasteiger partial charge in [-0.2, -0.15) is 0 Å². The van der Waals surface area contributed by atoms with Crippen LogP contribution in [0.2, 0.25) is 0 Å². The standard InChI is InChI=1S/C18H27NO2/c1-2-3-10-21-17-8-4-14(5-9-17)11-19-12-15-6-7-16(13-19)18(15)20/h4-5,8-9,15-16,18,20H,2-3,6-7,10-13H2,1H3/t15-,16+,18?. The number of fused-ring (bicyclic) bond motifs is 2. The summed E-state index contributed by atoms with van der Waals surface area (Å²) in [4.78, 5) is 2.50. The second-order valence-corrected chi connectivity index (χ2v) is 6.63. The number of aliphatic hydroxyl groups excluding tert-OH is 1. The molecule has 3 atom stereocenters. The van der Waals surface area contributed by atoms with E-state index in [4.69, 9.17) is 4.74 Å². The summed E-state index contributed by atoms with van der Waals surface area (Å²) >= 11 is 0. The predicted molar refractivity (Wildman–Crippen MR) is 84.3 cm³/mol. The van der Waals surface area contributed by atoms with Crippen molar-refractivity contribution in [3.63, 3.8) is 0 Å². The Kier molecular flexibility index (Phi) is 4.81. The fourth-order valence-corrected chi connectivity index (χ4v) is 3.70. The molecule has 0 amide bonds. The van der Waals surface area contributed by atoms with E-state index >= 15 is 0 Å². The first-order valence-electron chi connectivity index (χ1n) is 8.38. The van der Waals surface area contributed by atoms with Gasteiger partial charge in [0, 0.05) is 19.6 Å². The highest BCUT2D eigenvalue weighted by atomic mass is 16.5. The van der Waals surface area contributed by atoms with Gasteiger partial charge in [-0.1, -0.05) is 25.5 Å². The van der Waals surface area contributed by atoms with Crippen molar-refractivity contribution in [2.45, 2.75) is 45.3 Å². The maximum atomic E-state index is 10.1. The zero-order chi connectivity index (χ0) is 14.7. The molecule has 1 saturated heterocycles. The van der Waals surface area contributed by atoms with Crippen molar-refractivity contribution in [2.24, 2.45) is 11.8 Å². The normalized spacial score (nSPS) is 28.8. The van der Waals surface area contributed by atoms with Gasteiger partial charge < -0.3 is 9.84 Å². The molecule has 1 aliphatic carbocycles. The number of likely N-dealkylation sites (tertiary alicyclic amines) is 1. The van der Waals surface area contributed by atoms with E-state index in [0.29, 0.717) is 11.8 Å². The zero-order valence-corrected chi connectivity index (χ0v) is 13.0. The third-order valence-electron chi connectivity index (χ3n) is 4.96.